The second-order valence-electron chi connectivity index (χ2n) is 7.48. The summed E-state index contributed by atoms with van der Waals surface area (Å²) in [5.41, 5.74) is 4.69. The molecule has 0 unspecified atom stereocenters. The summed E-state index contributed by atoms with van der Waals surface area (Å²) in [4.78, 5) is 3.78. The van der Waals surface area contributed by atoms with E-state index in [2.05, 4.69) is 31.3 Å². The summed E-state index contributed by atoms with van der Waals surface area (Å²) in [6, 6.07) is 45.8. The zero-order chi connectivity index (χ0) is 27.5. The van der Waals surface area contributed by atoms with E-state index in [0.717, 1.165) is 0 Å². The largest absolute Gasteiger partial charge is 0.265 e. The molecule has 0 atom stereocenters. The SMILES string of the molecule is C=Cc1ccccc1.C=Cc1ccccc1.C=Cc1ccccc1.C=Cc1ccccc1.c1ccncc1. The van der Waals surface area contributed by atoms with Gasteiger partial charge in [0.2, 0.25) is 0 Å². The number of rotatable bonds is 4. The van der Waals surface area contributed by atoms with E-state index in [-0.39, 0.29) is 0 Å². The van der Waals surface area contributed by atoms with E-state index in [0.29, 0.717) is 0 Å². The molecule has 0 saturated heterocycles. The molecule has 0 amide bonds. The van der Waals surface area contributed by atoms with Crippen LogP contribution in [-0.2, 0) is 0 Å². The van der Waals surface area contributed by atoms with Crippen LogP contribution in [0.1, 0.15) is 22.3 Å². The third-order valence-corrected chi connectivity index (χ3v) is 4.71. The van der Waals surface area contributed by atoms with Gasteiger partial charge in [0.15, 0.2) is 0 Å². The maximum Gasteiger partial charge on any atom is 0.0267 e. The lowest BCUT2D eigenvalue weighted by atomic mass is 10.2. The van der Waals surface area contributed by atoms with Gasteiger partial charge in [-0.25, -0.2) is 0 Å². The van der Waals surface area contributed by atoms with Gasteiger partial charge in [0.25, 0.3) is 0 Å². The number of aromatic nitrogens is 1. The summed E-state index contributed by atoms with van der Waals surface area (Å²) in [6.07, 6.45) is 10.8. The molecule has 1 heteroatoms. The minimum Gasteiger partial charge on any atom is -0.265 e. The lowest BCUT2D eigenvalue weighted by Gasteiger charge is -1.85. The van der Waals surface area contributed by atoms with Gasteiger partial charge in [-0.05, 0) is 34.4 Å². The van der Waals surface area contributed by atoms with Crippen molar-refractivity contribution in [3.05, 3.63) is 200 Å². The van der Waals surface area contributed by atoms with E-state index in [1.165, 1.54) is 22.3 Å². The molecular formula is C37H37N. The standard InChI is InChI=1S/4C8H8.C5H5N/c4*1-2-8-6-4-3-5-7-8;1-2-4-6-5-3-1/h4*2-7H,1H2;1-5H. The molecule has 1 heterocycles. The molecule has 1 aromatic heterocycles. The summed E-state index contributed by atoms with van der Waals surface area (Å²) < 4.78 is 0. The van der Waals surface area contributed by atoms with Crippen molar-refractivity contribution in [2.75, 3.05) is 0 Å². The van der Waals surface area contributed by atoms with Gasteiger partial charge in [0.05, 0.1) is 0 Å². The Bertz CT molecular complexity index is 1030. The first-order valence-electron chi connectivity index (χ1n) is 12.3. The molecule has 0 aliphatic rings. The molecule has 0 spiro atoms. The van der Waals surface area contributed by atoms with Crippen LogP contribution in [0.3, 0.4) is 0 Å². The van der Waals surface area contributed by atoms with Gasteiger partial charge < -0.3 is 0 Å². The van der Waals surface area contributed by atoms with Gasteiger partial charge in [0.1, 0.15) is 0 Å². The molecule has 0 aliphatic heterocycles. The molecule has 4 aromatic carbocycles. The fourth-order valence-electron chi connectivity index (χ4n) is 2.67. The molecule has 0 N–H and O–H groups in total. The minimum absolute atomic E-state index is 1.17. The van der Waals surface area contributed by atoms with Gasteiger partial charge in [-0.15, -0.1) is 0 Å². The molecule has 190 valence electrons. The van der Waals surface area contributed by atoms with E-state index >= 15 is 0 Å². The van der Waals surface area contributed by atoms with Gasteiger partial charge in [-0.2, -0.15) is 0 Å². The number of hydrogen-bond acceptors (Lipinski definition) is 1. The Morgan fingerprint density at radius 3 is 0.632 bits per heavy atom. The third kappa shape index (κ3) is 16.6. The Balaban J connectivity index is 0.000000238. The monoisotopic (exact) mass is 495 g/mol. The number of hydrogen-bond donors (Lipinski definition) is 0. The predicted octanol–water partition coefficient (Wildman–Crippen LogP) is 10.4. The van der Waals surface area contributed by atoms with Crippen LogP contribution < -0.4 is 0 Å². The van der Waals surface area contributed by atoms with Gasteiger partial charge in [0, 0.05) is 12.4 Å². The number of benzene rings is 4. The van der Waals surface area contributed by atoms with Crippen LogP contribution in [0.5, 0.6) is 0 Å². The van der Waals surface area contributed by atoms with Crippen molar-refractivity contribution >= 4 is 24.3 Å². The highest BCUT2D eigenvalue weighted by molar-refractivity contribution is 5.47. The smallest absolute Gasteiger partial charge is 0.0267 e. The van der Waals surface area contributed by atoms with Crippen molar-refractivity contribution in [1.82, 2.24) is 4.98 Å². The molecule has 0 fully saturated rings. The van der Waals surface area contributed by atoms with Gasteiger partial charge in [-0.3, -0.25) is 4.98 Å². The second-order valence-corrected chi connectivity index (χ2v) is 7.48. The maximum absolute atomic E-state index is 3.78. The topological polar surface area (TPSA) is 12.9 Å². The molecule has 5 aromatic rings. The van der Waals surface area contributed by atoms with E-state index < -0.39 is 0 Å². The Kier molecular flexibility index (Phi) is 18.3. The first-order valence-corrected chi connectivity index (χ1v) is 12.3. The Labute approximate surface area is 229 Å². The lowest BCUT2D eigenvalue weighted by Crippen LogP contribution is -1.63. The highest BCUT2D eigenvalue weighted by Crippen LogP contribution is 1.99. The van der Waals surface area contributed by atoms with E-state index in [9.17, 15) is 0 Å². The molecule has 0 radical (unpaired) electrons. The lowest BCUT2D eigenvalue weighted by molar-refractivity contribution is 1.33. The van der Waals surface area contributed by atoms with Crippen molar-refractivity contribution in [1.29, 1.82) is 0 Å². The van der Waals surface area contributed by atoms with Gasteiger partial charge >= 0.3 is 0 Å². The van der Waals surface area contributed by atoms with Crippen LogP contribution in [0.2, 0.25) is 0 Å². The Morgan fingerprint density at radius 2 is 0.526 bits per heavy atom. The minimum atomic E-state index is 1.17. The molecule has 1 nitrogen and oxygen atoms in total. The Hall–Kier alpha value is -5.01. The quantitative estimate of drug-likeness (QED) is 0.242. The second kappa shape index (κ2) is 22.5. The van der Waals surface area contributed by atoms with Crippen LogP contribution in [0.4, 0.5) is 0 Å². The van der Waals surface area contributed by atoms with Gasteiger partial charge in [-0.1, -0.05) is 178 Å². The van der Waals surface area contributed by atoms with Crippen LogP contribution >= 0.6 is 0 Å². The maximum atomic E-state index is 3.78. The normalized spacial score (nSPS) is 8.42. The molecule has 0 aliphatic carbocycles. The predicted molar refractivity (Wildman–Crippen MR) is 170 cm³/mol. The first-order chi connectivity index (χ1) is 18.7. The number of nitrogens with zero attached hydrogens (tertiary/aromatic N) is 1. The molecule has 0 saturated carbocycles. The molecule has 5 rings (SSSR count). The zero-order valence-electron chi connectivity index (χ0n) is 22.0. The number of pyridine rings is 1. The summed E-state index contributed by atoms with van der Waals surface area (Å²) in [5.74, 6) is 0. The van der Waals surface area contributed by atoms with Crippen LogP contribution in [0, 0.1) is 0 Å². The highest BCUT2D eigenvalue weighted by Gasteiger charge is 1.78. The third-order valence-electron chi connectivity index (χ3n) is 4.71. The average Bonchev–Trinajstić information content (AvgIpc) is 3.04. The molecule has 0 bridgehead atoms. The fourth-order valence-corrected chi connectivity index (χ4v) is 2.67. The van der Waals surface area contributed by atoms with Crippen LogP contribution in [0.25, 0.3) is 24.3 Å². The fraction of sp³-hybridized carbons (Fsp3) is 0. The van der Waals surface area contributed by atoms with Crippen LogP contribution in [-0.4, -0.2) is 4.98 Å². The van der Waals surface area contributed by atoms with Crippen molar-refractivity contribution in [3.63, 3.8) is 0 Å². The highest BCUT2D eigenvalue weighted by atomic mass is 14.6. The van der Waals surface area contributed by atoms with Crippen molar-refractivity contribution in [2.24, 2.45) is 0 Å². The summed E-state index contributed by atoms with van der Waals surface area (Å²) in [5, 5.41) is 0. The van der Waals surface area contributed by atoms with Crippen molar-refractivity contribution in [3.8, 4) is 0 Å². The van der Waals surface area contributed by atoms with E-state index in [1.54, 1.807) is 12.4 Å². The molecular weight excluding hydrogens is 458 g/mol. The van der Waals surface area contributed by atoms with E-state index in [1.807, 2.05) is 164 Å². The van der Waals surface area contributed by atoms with Crippen molar-refractivity contribution < 1.29 is 0 Å². The van der Waals surface area contributed by atoms with E-state index in [4.69, 9.17) is 0 Å². The Morgan fingerprint density at radius 1 is 0.316 bits per heavy atom. The summed E-state index contributed by atoms with van der Waals surface area (Å²) >= 11 is 0. The first kappa shape index (κ1) is 31.0. The summed E-state index contributed by atoms with van der Waals surface area (Å²) in [6.45, 7) is 14.5. The average molecular weight is 496 g/mol. The summed E-state index contributed by atoms with van der Waals surface area (Å²) in [7, 11) is 0. The molecule has 38 heavy (non-hydrogen) atoms. The van der Waals surface area contributed by atoms with Crippen molar-refractivity contribution in [2.45, 2.75) is 0 Å². The zero-order valence-corrected chi connectivity index (χ0v) is 22.0. The van der Waals surface area contributed by atoms with Crippen LogP contribution in [0.15, 0.2) is 178 Å².